The Morgan fingerprint density at radius 3 is 2.43 bits per heavy atom. The van der Waals surface area contributed by atoms with E-state index < -0.39 is 19.8 Å². The molecule has 1 radical (unpaired) electrons. The average molecular weight is 111 g/mol. The van der Waals surface area contributed by atoms with Gasteiger partial charge >= 0.3 is 0 Å². The molecule has 0 bridgehead atoms. The molecule has 0 fully saturated rings. The van der Waals surface area contributed by atoms with Crippen LogP contribution in [0, 0.1) is 0 Å². The van der Waals surface area contributed by atoms with Crippen molar-refractivity contribution in [1.29, 1.82) is 0 Å². The Hall–Kier alpha value is -0.220. The van der Waals surface area contributed by atoms with E-state index in [0.717, 1.165) is 0 Å². The molecule has 0 rings (SSSR count). The summed E-state index contributed by atoms with van der Waals surface area (Å²) in [7, 11) is 0. The van der Waals surface area contributed by atoms with Gasteiger partial charge in [0, 0.05) is 0 Å². The lowest BCUT2D eigenvalue weighted by molar-refractivity contribution is -0.138. The van der Waals surface area contributed by atoms with E-state index in [1.54, 1.807) is 0 Å². The lowest BCUT2D eigenvalue weighted by atomic mass is 10.8. The Morgan fingerprint density at radius 1 is 1.71 bits per heavy atom. The lowest BCUT2D eigenvalue weighted by Crippen LogP contribution is -2.07. The first-order chi connectivity index (χ1) is 3.31. The molecule has 0 aliphatic rings. The minimum Gasteiger partial charge on any atom is -0.316 e. The van der Waals surface area contributed by atoms with Crippen molar-refractivity contribution in [3.05, 3.63) is 0 Å². The average Bonchev–Trinajstić information content (AvgIpc) is 1.68. The number of hydrogen-bond acceptors (Lipinski definition) is 1. The second-order valence-corrected chi connectivity index (χ2v) is 0.849. The van der Waals surface area contributed by atoms with Gasteiger partial charge in [-0.25, -0.2) is 13.9 Å². The van der Waals surface area contributed by atoms with Gasteiger partial charge in [-0.1, -0.05) is 0 Å². The predicted octanol–water partition coefficient (Wildman–Crippen LogP) is 0.656. The second-order valence-electron chi connectivity index (χ2n) is 0.849. The van der Waals surface area contributed by atoms with Crippen molar-refractivity contribution in [3.8, 4) is 0 Å². The molecular formula is C3H5F2O2. The van der Waals surface area contributed by atoms with Crippen molar-refractivity contribution < 1.29 is 18.6 Å². The zero-order valence-corrected chi connectivity index (χ0v) is 3.56. The summed E-state index contributed by atoms with van der Waals surface area (Å²) in [5.74, 6) is 0. The van der Waals surface area contributed by atoms with E-state index in [9.17, 15) is 13.9 Å². The largest absolute Gasteiger partial charge is 0.316 e. The fourth-order valence-electron chi connectivity index (χ4n) is 0.118. The van der Waals surface area contributed by atoms with Crippen LogP contribution in [0.3, 0.4) is 0 Å². The summed E-state index contributed by atoms with van der Waals surface area (Å²) in [6.45, 7) is -2.27. The quantitative estimate of drug-likeness (QED) is 0.492. The topological polar surface area (TPSA) is 29.1 Å². The number of rotatable bonds is 3. The van der Waals surface area contributed by atoms with E-state index in [1.165, 1.54) is 0 Å². The summed E-state index contributed by atoms with van der Waals surface area (Å²) >= 11 is 0. The number of ether oxygens (including phenoxy) is 1. The molecule has 1 atom stereocenters. The van der Waals surface area contributed by atoms with Crippen LogP contribution in [-0.2, 0) is 9.84 Å². The highest BCUT2D eigenvalue weighted by Crippen LogP contribution is 1.91. The van der Waals surface area contributed by atoms with Crippen molar-refractivity contribution in [2.75, 3.05) is 13.5 Å². The van der Waals surface area contributed by atoms with E-state index in [-0.39, 0.29) is 0 Å². The molecule has 0 aromatic rings. The molecule has 0 aromatic carbocycles. The van der Waals surface area contributed by atoms with Gasteiger partial charge in [-0.3, -0.25) is 0 Å². The summed E-state index contributed by atoms with van der Waals surface area (Å²) in [4.78, 5) is 0. The molecule has 43 valence electrons. The van der Waals surface area contributed by atoms with Crippen LogP contribution in [0.25, 0.3) is 0 Å². The summed E-state index contributed by atoms with van der Waals surface area (Å²) in [5, 5.41) is 9.27. The van der Waals surface area contributed by atoms with Gasteiger partial charge in [0.25, 0.3) is 0 Å². The van der Waals surface area contributed by atoms with Gasteiger partial charge in [-0.15, -0.1) is 0 Å². The highest BCUT2D eigenvalue weighted by molar-refractivity contribution is 4.29. The number of hydrogen-bond donors (Lipinski definition) is 0. The Morgan fingerprint density at radius 2 is 2.29 bits per heavy atom. The zero-order chi connectivity index (χ0) is 5.70. The molecule has 7 heavy (non-hydrogen) atoms. The van der Waals surface area contributed by atoms with Crippen LogP contribution >= 0.6 is 0 Å². The van der Waals surface area contributed by atoms with Crippen LogP contribution in [0.1, 0.15) is 0 Å². The van der Waals surface area contributed by atoms with Gasteiger partial charge in [0.05, 0.1) is 0 Å². The first-order valence-corrected chi connectivity index (χ1v) is 1.71. The molecule has 0 aliphatic heterocycles. The molecule has 0 aliphatic carbocycles. The molecule has 0 spiro atoms. The summed E-state index contributed by atoms with van der Waals surface area (Å²) in [6.07, 6.45) is -2.03. The van der Waals surface area contributed by atoms with Crippen LogP contribution in [0.4, 0.5) is 8.78 Å². The molecule has 4 heteroatoms. The highest BCUT2D eigenvalue weighted by atomic mass is 19.2. The molecular weight excluding hydrogens is 106 g/mol. The van der Waals surface area contributed by atoms with Gasteiger partial charge < -0.3 is 4.74 Å². The van der Waals surface area contributed by atoms with Gasteiger partial charge in [0.2, 0.25) is 6.36 Å². The zero-order valence-electron chi connectivity index (χ0n) is 3.56. The molecule has 0 saturated carbocycles. The van der Waals surface area contributed by atoms with Gasteiger partial charge in [0.15, 0.2) is 6.79 Å². The molecule has 1 unspecified atom stereocenters. The molecule has 0 N–H and O–H groups in total. The van der Waals surface area contributed by atoms with Crippen LogP contribution in [-0.4, -0.2) is 19.8 Å². The third-order valence-corrected chi connectivity index (χ3v) is 0.370. The Kier molecular flexibility index (Phi) is 3.83. The standard InChI is InChI=1S/C3H5F2O2/c4-1-3(5)7-2-6/h3H,1-2H2. The fourth-order valence-corrected chi connectivity index (χ4v) is 0.118. The molecule has 0 heterocycles. The maximum absolute atomic E-state index is 11.3. The fraction of sp³-hybridized carbons (Fsp3) is 1.00. The molecule has 0 amide bonds. The molecule has 0 aromatic heterocycles. The SMILES string of the molecule is [O]COC(F)CF. The Bertz CT molecular complexity index is 41.9. The van der Waals surface area contributed by atoms with Crippen molar-refractivity contribution in [2.45, 2.75) is 6.36 Å². The number of halogens is 2. The first-order valence-electron chi connectivity index (χ1n) is 1.71. The number of alkyl halides is 2. The third kappa shape index (κ3) is 3.61. The third-order valence-electron chi connectivity index (χ3n) is 0.370. The lowest BCUT2D eigenvalue weighted by Gasteiger charge is -1.97. The summed E-state index contributed by atoms with van der Waals surface area (Å²) in [5.41, 5.74) is 0. The Balaban J connectivity index is 2.83. The minimum atomic E-state index is -2.03. The normalized spacial score (nSPS) is 14.1. The minimum absolute atomic E-state index is 1.02. The predicted molar refractivity (Wildman–Crippen MR) is 17.5 cm³/mol. The van der Waals surface area contributed by atoms with Gasteiger partial charge in [-0.2, -0.15) is 0 Å². The highest BCUT2D eigenvalue weighted by Gasteiger charge is 2.01. The van der Waals surface area contributed by atoms with E-state index >= 15 is 0 Å². The van der Waals surface area contributed by atoms with Crippen molar-refractivity contribution in [1.82, 2.24) is 0 Å². The Labute approximate surface area is 39.7 Å². The van der Waals surface area contributed by atoms with Crippen molar-refractivity contribution >= 4 is 0 Å². The molecule has 0 saturated heterocycles. The second kappa shape index (κ2) is 3.95. The van der Waals surface area contributed by atoms with Gasteiger partial charge in [-0.05, 0) is 0 Å². The van der Waals surface area contributed by atoms with E-state index in [2.05, 4.69) is 4.74 Å². The van der Waals surface area contributed by atoms with Crippen molar-refractivity contribution in [3.63, 3.8) is 0 Å². The summed E-state index contributed by atoms with van der Waals surface area (Å²) < 4.78 is 25.9. The van der Waals surface area contributed by atoms with E-state index in [4.69, 9.17) is 0 Å². The smallest absolute Gasteiger partial charge is 0.229 e. The van der Waals surface area contributed by atoms with Crippen LogP contribution in [0.15, 0.2) is 0 Å². The van der Waals surface area contributed by atoms with Gasteiger partial charge in [0.1, 0.15) is 6.67 Å². The van der Waals surface area contributed by atoms with Crippen LogP contribution in [0.2, 0.25) is 0 Å². The first kappa shape index (κ1) is 6.78. The van der Waals surface area contributed by atoms with Crippen LogP contribution in [0.5, 0.6) is 0 Å². The maximum atomic E-state index is 11.3. The molecule has 2 nitrogen and oxygen atoms in total. The van der Waals surface area contributed by atoms with Crippen LogP contribution < -0.4 is 0 Å². The maximum Gasteiger partial charge on any atom is 0.229 e. The van der Waals surface area contributed by atoms with Crippen molar-refractivity contribution in [2.24, 2.45) is 0 Å². The monoisotopic (exact) mass is 111 g/mol. The summed E-state index contributed by atoms with van der Waals surface area (Å²) in [6, 6.07) is 0. The van der Waals surface area contributed by atoms with E-state index in [0.29, 0.717) is 0 Å². The van der Waals surface area contributed by atoms with E-state index in [1.807, 2.05) is 0 Å².